The van der Waals surface area contributed by atoms with E-state index in [9.17, 15) is 4.39 Å². The van der Waals surface area contributed by atoms with Crippen molar-refractivity contribution >= 4 is 11.6 Å². The Labute approximate surface area is 129 Å². The highest BCUT2D eigenvalue weighted by molar-refractivity contribution is 6.30. The van der Waals surface area contributed by atoms with Gasteiger partial charge in [-0.15, -0.1) is 0 Å². The highest BCUT2D eigenvalue weighted by Crippen LogP contribution is 2.18. The SMILES string of the molecule is CCC(N)Cc1ccc(OCc2ccc(Cl)c(F)c2)cc1. The molecule has 112 valence electrons. The van der Waals surface area contributed by atoms with Crippen molar-refractivity contribution in [2.24, 2.45) is 5.73 Å². The molecule has 2 aromatic carbocycles. The third kappa shape index (κ3) is 4.73. The summed E-state index contributed by atoms with van der Waals surface area (Å²) in [6.45, 7) is 2.38. The minimum Gasteiger partial charge on any atom is -0.489 e. The Kier molecular flexibility index (Phi) is 5.59. The molecular weight excluding hydrogens is 289 g/mol. The average molecular weight is 308 g/mol. The van der Waals surface area contributed by atoms with Crippen molar-refractivity contribution in [1.82, 2.24) is 0 Å². The molecule has 0 aliphatic rings. The van der Waals surface area contributed by atoms with Crippen LogP contribution in [0.1, 0.15) is 24.5 Å². The number of halogens is 2. The summed E-state index contributed by atoms with van der Waals surface area (Å²) in [7, 11) is 0. The first-order valence-corrected chi connectivity index (χ1v) is 7.37. The molecule has 0 bridgehead atoms. The van der Waals surface area contributed by atoms with E-state index in [-0.39, 0.29) is 11.1 Å². The first-order valence-electron chi connectivity index (χ1n) is 6.99. The summed E-state index contributed by atoms with van der Waals surface area (Å²) in [5.74, 6) is 0.320. The molecule has 0 heterocycles. The van der Waals surface area contributed by atoms with Crippen LogP contribution in [-0.4, -0.2) is 6.04 Å². The monoisotopic (exact) mass is 307 g/mol. The van der Waals surface area contributed by atoms with E-state index in [4.69, 9.17) is 22.1 Å². The van der Waals surface area contributed by atoms with Crippen LogP contribution >= 0.6 is 11.6 Å². The molecule has 0 aromatic heterocycles. The van der Waals surface area contributed by atoms with E-state index >= 15 is 0 Å². The van der Waals surface area contributed by atoms with Crippen LogP contribution in [0.15, 0.2) is 42.5 Å². The summed E-state index contributed by atoms with van der Waals surface area (Å²) in [5, 5.41) is 0.121. The molecule has 0 radical (unpaired) electrons. The minimum atomic E-state index is -0.429. The molecule has 1 unspecified atom stereocenters. The average Bonchev–Trinajstić information content (AvgIpc) is 2.50. The van der Waals surface area contributed by atoms with Crippen LogP contribution in [0, 0.1) is 5.82 Å². The smallest absolute Gasteiger partial charge is 0.142 e. The summed E-state index contributed by atoms with van der Waals surface area (Å²) in [6, 6.07) is 12.7. The lowest BCUT2D eigenvalue weighted by Gasteiger charge is -2.10. The predicted octanol–water partition coefficient (Wildman–Crippen LogP) is 4.34. The summed E-state index contributed by atoms with van der Waals surface area (Å²) in [6.07, 6.45) is 1.82. The van der Waals surface area contributed by atoms with Crippen LogP contribution < -0.4 is 10.5 Å². The Morgan fingerprint density at radius 3 is 2.43 bits per heavy atom. The second-order valence-corrected chi connectivity index (χ2v) is 5.46. The summed E-state index contributed by atoms with van der Waals surface area (Å²) in [4.78, 5) is 0. The highest BCUT2D eigenvalue weighted by atomic mass is 35.5. The molecule has 2 rings (SSSR count). The molecule has 0 spiro atoms. The first-order chi connectivity index (χ1) is 10.1. The third-order valence-electron chi connectivity index (χ3n) is 3.34. The van der Waals surface area contributed by atoms with Gasteiger partial charge in [-0.25, -0.2) is 4.39 Å². The Hall–Kier alpha value is -1.58. The highest BCUT2D eigenvalue weighted by Gasteiger charge is 2.04. The Balaban J connectivity index is 1.92. The van der Waals surface area contributed by atoms with E-state index in [1.165, 1.54) is 17.7 Å². The summed E-state index contributed by atoms with van der Waals surface area (Å²) in [5.41, 5.74) is 7.86. The molecule has 1 atom stereocenters. The van der Waals surface area contributed by atoms with Crippen LogP contribution in [0.4, 0.5) is 4.39 Å². The Morgan fingerprint density at radius 1 is 1.14 bits per heavy atom. The molecule has 0 aliphatic heterocycles. The Bertz CT molecular complexity index is 586. The molecule has 2 N–H and O–H groups in total. The zero-order valence-corrected chi connectivity index (χ0v) is 12.7. The number of hydrogen-bond donors (Lipinski definition) is 1. The van der Waals surface area contributed by atoms with Gasteiger partial charge in [-0.2, -0.15) is 0 Å². The van der Waals surface area contributed by atoms with Gasteiger partial charge in [-0.1, -0.05) is 36.7 Å². The van der Waals surface area contributed by atoms with E-state index in [0.29, 0.717) is 6.61 Å². The number of rotatable bonds is 6. The number of hydrogen-bond acceptors (Lipinski definition) is 2. The van der Waals surface area contributed by atoms with Crippen LogP contribution in [0.25, 0.3) is 0 Å². The lowest BCUT2D eigenvalue weighted by Crippen LogP contribution is -2.21. The van der Waals surface area contributed by atoms with Crippen LogP contribution in [0.3, 0.4) is 0 Å². The van der Waals surface area contributed by atoms with Gasteiger partial charge in [0, 0.05) is 6.04 Å². The number of nitrogens with two attached hydrogens (primary N) is 1. The summed E-state index contributed by atoms with van der Waals surface area (Å²) >= 11 is 5.64. The fraction of sp³-hybridized carbons (Fsp3) is 0.294. The third-order valence-corrected chi connectivity index (χ3v) is 3.64. The Morgan fingerprint density at radius 2 is 1.81 bits per heavy atom. The number of ether oxygens (including phenoxy) is 1. The molecule has 0 aliphatic carbocycles. The standard InChI is InChI=1S/C17H19ClFNO/c1-2-14(20)9-12-3-6-15(7-4-12)21-11-13-5-8-16(18)17(19)10-13/h3-8,10,14H,2,9,11,20H2,1H3. The lowest BCUT2D eigenvalue weighted by atomic mass is 10.0. The fourth-order valence-corrected chi connectivity index (χ4v) is 2.08. The quantitative estimate of drug-likeness (QED) is 0.861. The van der Waals surface area contributed by atoms with E-state index in [1.54, 1.807) is 6.07 Å². The van der Waals surface area contributed by atoms with Gasteiger partial charge in [0.2, 0.25) is 0 Å². The molecule has 21 heavy (non-hydrogen) atoms. The van der Waals surface area contributed by atoms with Crippen molar-refractivity contribution < 1.29 is 9.13 Å². The molecule has 2 nitrogen and oxygen atoms in total. The number of benzene rings is 2. The van der Waals surface area contributed by atoms with Crippen molar-refractivity contribution in [3.63, 3.8) is 0 Å². The maximum atomic E-state index is 13.3. The predicted molar refractivity (Wildman–Crippen MR) is 84.2 cm³/mol. The van der Waals surface area contributed by atoms with E-state index in [0.717, 1.165) is 24.2 Å². The van der Waals surface area contributed by atoms with Gasteiger partial charge in [0.05, 0.1) is 5.02 Å². The van der Waals surface area contributed by atoms with Gasteiger partial charge in [0.15, 0.2) is 0 Å². The molecular formula is C17H19ClFNO. The van der Waals surface area contributed by atoms with Gasteiger partial charge in [0.1, 0.15) is 18.2 Å². The fourth-order valence-electron chi connectivity index (χ4n) is 1.96. The lowest BCUT2D eigenvalue weighted by molar-refractivity contribution is 0.305. The minimum absolute atomic E-state index is 0.121. The molecule has 0 saturated heterocycles. The van der Waals surface area contributed by atoms with Gasteiger partial charge in [-0.3, -0.25) is 0 Å². The maximum Gasteiger partial charge on any atom is 0.142 e. The molecule has 0 amide bonds. The molecule has 0 fully saturated rings. The van der Waals surface area contributed by atoms with Gasteiger partial charge >= 0.3 is 0 Å². The van der Waals surface area contributed by atoms with Crippen LogP contribution in [0.2, 0.25) is 5.02 Å². The zero-order valence-electron chi connectivity index (χ0n) is 12.0. The first kappa shape index (κ1) is 15.8. The van der Waals surface area contributed by atoms with Crippen molar-refractivity contribution in [2.45, 2.75) is 32.4 Å². The largest absolute Gasteiger partial charge is 0.489 e. The topological polar surface area (TPSA) is 35.2 Å². The maximum absolute atomic E-state index is 13.3. The van der Waals surface area contributed by atoms with Gasteiger partial charge in [0.25, 0.3) is 0 Å². The van der Waals surface area contributed by atoms with Crippen LogP contribution in [0.5, 0.6) is 5.75 Å². The normalized spacial score (nSPS) is 12.2. The molecule has 0 saturated carbocycles. The van der Waals surface area contributed by atoms with E-state index < -0.39 is 5.82 Å². The van der Waals surface area contributed by atoms with Crippen molar-refractivity contribution in [3.05, 3.63) is 64.4 Å². The van der Waals surface area contributed by atoms with Crippen molar-refractivity contribution in [3.8, 4) is 5.75 Å². The van der Waals surface area contributed by atoms with Crippen molar-refractivity contribution in [1.29, 1.82) is 0 Å². The van der Waals surface area contributed by atoms with Crippen molar-refractivity contribution in [2.75, 3.05) is 0 Å². The van der Waals surface area contributed by atoms with E-state index in [2.05, 4.69) is 6.92 Å². The second-order valence-electron chi connectivity index (χ2n) is 5.05. The zero-order chi connectivity index (χ0) is 15.2. The second kappa shape index (κ2) is 7.43. The van der Waals surface area contributed by atoms with Crippen LogP contribution in [-0.2, 0) is 13.0 Å². The van der Waals surface area contributed by atoms with Gasteiger partial charge < -0.3 is 10.5 Å². The van der Waals surface area contributed by atoms with E-state index in [1.807, 2.05) is 24.3 Å². The van der Waals surface area contributed by atoms with Gasteiger partial charge in [-0.05, 0) is 48.2 Å². The molecule has 4 heteroatoms. The summed E-state index contributed by atoms with van der Waals surface area (Å²) < 4.78 is 18.9. The molecule has 2 aromatic rings.